The summed E-state index contributed by atoms with van der Waals surface area (Å²) in [7, 11) is 0. The summed E-state index contributed by atoms with van der Waals surface area (Å²) in [5.74, 6) is 0.952. The lowest BCUT2D eigenvalue weighted by molar-refractivity contribution is -0.117. The van der Waals surface area contributed by atoms with Gasteiger partial charge in [0.05, 0.1) is 0 Å². The smallest absolute Gasteiger partial charge is 0.247 e. The van der Waals surface area contributed by atoms with E-state index in [2.05, 4.69) is 50.5 Å². The minimum absolute atomic E-state index is 0.0114. The van der Waals surface area contributed by atoms with Crippen LogP contribution in [0.1, 0.15) is 74.3 Å². The van der Waals surface area contributed by atoms with Crippen LogP contribution in [0.25, 0.3) is 17.2 Å². The number of hydrogen-bond donors (Lipinski definition) is 2. The second-order valence-corrected chi connectivity index (χ2v) is 9.30. The number of nitrogens with zero attached hydrogens (tertiary/aromatic N) is 1. The van der Waals surface area contributed by atoms with E-state index in [1.54, 1.807) is 0 Å². The summed E-state index contributed by atoms with van der Waals surface area (Å²) in [5.41, 5.74) is 9.16. The monoisotopic (exact) mass is 419 g/mol. The quantitative estimate of drug-likeness (QED) is 0.543. The van der Waals surface area contributed by atoms with Gasteiger partial charge in [-0.2, -0.15) is 0 Å². The summed E-state index contributed by atoms with van der Waals surface area (Å²) in [6.07, 6.45) is 9.12. The van der Waals surface area contributed by atoms with E-state index in [4.69, 9.17) is 4.98 Å². The van der Waals surface area contributed by atoms with Crippen LogP contribution in [0, 0.1) is 27.7 Å². The van der Waals surface area contributed by atoms with Gasteiger partial charge in [-0.15, -0.1) is 0 Å². The standard InChI is InChI=1S/C27H37N3O/c1-16(2)29-27(31)17(3)14-24-18(4)20(6)26(21(7)19(24)5)22-12-13-25(28-15-22)30-23-10-8-9-11-23/h12-16,23H,8-11H2,1-7H3,(H,28,30)(H,29,31)/b17-14+. The van der Waals surface area contributed by atoms with Gasteiger partial charge in [0, 0.05) is 29.4 Å². The maximum Gasteiger partial charge on any atom is 0.247 e. The normalized spacial score (nSPS) is 14.9. The molecule has 4 nitrogen and oxygen atoms in total. The molecule has 1 aromatic carbocycles. The zero-order valence-electron chi connectivity index (χ0n) is 20.1. The highest BCUT2D eigenvalue weighted by Gasteiger charge is 2.18. The Labute approximate surface area is 187 Å². The van der Waals surface area contributed by atoms with Gasteiger partial charge in [-0.1, -0.05) is 12.8 Å². The zero-order valence-corrected chi connectivity index (χ0v) is 20.1. The molecule has 0 radical (unpaired) electrons. The van der Waals surface area contributed by atoms with Gasteiger partial charge in [-0.05, 0) is 113 Å². The van der Waals surface area contributed by atoms with E-state index < -0.39 is 0 Å². The Morgan fingerprint density at radius 2 is 1.65 bits per heavy atom. The van der Waals surface area contributed by atoms with Crippen LogP contribution in [-0.4, -0.2) is 23.0 Å². The first-order chi connectivity index (χ1) is 14.7. The molecule has 1 saturated carbocycles. The molecule has 0 spiro atoms. The summed E-state index contributed by atoms with van der Waals surface area (Å²) in [6.45, 7) is 14.5. The van der Waals surface area contributed by atoms with Crippen molar-refractivity contribution < 1.29 is 4.79 Å². The number of benzene rings is 1. The molecule has 0 unspecified atom stereocenters. The van der Waals surface area contributed by atoms with Crippen molar-refractivity contribution in [2.45, 2.75) is 86.2 Å². The maximum absolute atomic E-state index is 12.4. The molecule has 1 amide bonds. The van der Waals surface area contributed by atoms with Gasteiger partial charge in [-0.25, -0.2) is 4.98 Å². The second-order valence-electron chi connectivity index (χ2n) is 9.30. The van der Waals surface area contributed by atoms with Gasteiger partial charge >= 0.3 is 0 Å². The van der Waals surface area contributed by atoms with Crippen molar-refractivity contribution >= 4 is 17.8 Å². The van der Waals surface area contributed by atoms with Crippen LogP contribution in [0.2, 0.25) is 0 Å². The molecule has 0 saturated heterocycles. The highest BCUT2D eigenvalue weighted by atomic mass is 16.1. The average molecular weight is 420 g/mol. The van der Waals surface area contributed by atoms with Gasteiger partial charge in [0.25, 0.3) is 0 Å². The van der Waals surface area contributed by atoms with Crippen LogP contribution < -0.4 is 10.6 Å². The Hall–Kier alpha value is -2.62. The van der Waals surface area contributed by atoms with E-state index >= 15 is 0 Å². The van der Waals surface area contributed by atoms with E-state index in [0.717, 1.165) is 22.5 Å². The molecule has 3 rings (SSSR count). The first-order valence-corrected chi connectivity index (χ1v) is 11.5. The largest absolute Gasteiger partial charge is 0.367 e. The van der Waals surface area contributed by atoms with Crippen LogP contribution >= 0.6 is 0 Å². The lowest BCUT2D eigenvalue weighted by Crippen LogP contribution is -2.30. The lowest BCUT2D eigenvalue weighted by Gasteiger charge is -2.20. The summed E-state index contributed by atoms with van der Waals surface area (Å²) < 4.78 is 0. The molecule has 1 aromatic heterocycles. The summed E-state index contributed by atoms with van der Waals surface area (Å²) >= 11 is 0. The molecule has 1 heterocycles. The molecule has 1 aliphatic carbocycles. The highest BCUT2D eigenvalue weighted by Crippen LogP contribution is 2.35. The molecule has 31 heavy (non-hydrogen) atoms. The van der Waals surface area contributed by atoms with Crippen molar-refractivity contribution in [3.63, 3.8) is 0 Å². The van der Waals surface area contributed by atoms with Gasteiger partial charge < -0.3 is 10.6 Å². The third-order valence-electron chi connectivity index (χ3n) is 6.58. The van der Waals surface area contributed by atoms with Crippen LogP contribution in [-0.2, 0) is 4.79 Å². The maximum atomic E-state index is 12.4. The van der Waals surface area contributed by atoms with Crippen LogP contribution in [0.3, 0.4) is 0 Å². The zero-order chi connectivity index (χ0) is 22.7. The third kappa shape index (κ3) is 5.17. The second kappa shape index (κ2) is 9.67. The Morgan fingerprint density at radius 1 is 1.03 bits per heavy atom. The number of amides is 1. The first kappa shape index (κ1) is 23.1. The van der Waals surface area contributed by atoms with Gasteiger partial charge in [-0.3, -0.25) is 4.79 Å². The van der Waals surface area contributed by atoms with Gasteiger partial charge in [0.2, 0.25) is 5.91 Å². The molecular weight excluding hydrogens is 382 g/mol. The van der Waals surface area contributed by atoms with E-state index in [0.29, 0.717) is 6.04 Å². The molecule has 0 aliphatic heterocycles. The van der Waals surface area contributed by atoms with E-state index in [1.807, 2.05) is 33.0 Å². The van der Waals surface area contributed by atoms with Crippen molar-refractivity contribution in [3.05, 3.63) is 51.7 Å². The average Bonchev–Trinajstić information content (AvgIpc) is 3.23. The third-order valence-corrected chi connectivity index (χ3v) is 6.58. The molecular formula is C27H37N3O. The number of nitrogens with one attached hydrogen (secondary N) is 2. The number of anilines is 1. The fraction of sp³-hybridized carbons (Fsp3) is 0.481. The van der Waals surface area contributed by atoms with E-state index in [1.165, 1.54) is 53.5 Å². The predicted octanol–water partition coefficient (Wildman–Crippen LogP) is 6.26. The van der Waals surface area contributed by atoms with Crippen molar-refractivity contribution in [2.24, 2.45) is 0 Å². The first-order valence-electron chi connectivity index (χ1n) is 11.5. The van der Waals surface area contributed by atoms with Crippen molar-refractivity contribution in [2.75, 3.05) is 5.32 Å². The minimum Gasteiger partial charge on any atom is -0.367 e. The lowest BCUT2D eigenvalue weighted by atomic mass is 9.85. The molecule has 1 aliphatic rings. The Balaban J connectivity index is 1.93. The molecule has 166 valence electrons. The number of rotatable bonds is 6. The fourth-order valence-corrected chi connectivity index (χ4v) is 4.56. The molecule has 0 bridgehead atoms. The summed E-state index contributed by atoms with van der Waals surface area (Å²) in [5, 5.41) is 6.55. The number of pyridine rings is 1. The molecule has 2 aromatic rings. The highest BCUT2D eigenvalue weighted by molar-refractivity contribution is 5.98. The van der Waals surface area contributed by atoms with Crippen molar-refractivity contribution in [1.82, 2.24) is 10.3 Å². The number of hydrogen-bond acceptors (Lipinski definition) is 3. The Morgan fingerprint density at radius 3 is 2.16 bits per heavy atom. The van der Waals surface area contributed by atoms with Gasteiger partial charge in [0.15, 0.2) is 0 Å². The van der Waals surface area contributed by atoms with Crippen LogP contribution in [0.4, 0.5) is 5.82 Å². The topological polar surface area (TPSA) is 54.0 Å². The van der Waals surface area contributed by atoms with E-state index in [-0.39, 0.29) is 11.9 Å². The number of carbonyl (C=O) groups excluding carboxylic acids is 1. The van der Waals surface area contributed by atoms with Crippen LogP contribution in [0.5, 0.6) is 0 Å². The molecule has 2 N–H and O–H groups in total. The van der Waals surface area contributed by atoms with Gasteiger partial charge in [0.1, 0.15) is 5.82 Å². The summed E-state index contributed by atoms with van der Waals surface area (Å²) in [6, 6.07) is 4.97. The fourth-order valence-electron chi connectivity index (χ4n) is 4.56. The molecule has 1 fully saturated rings. The number of aromatic nitrogens is 1. The molecule has 4 heteroatoms. The number of carbonyl (C=O) groups is 1. The Bertz CT molecular complexity index is 952. The summed E-state index contributed by atoms with van der Waals surface area (Å²) in [4.78, 5) is 17.1. The Kier molecular flexibility index (Phi) is 7.19. The van der Waals surface area contributed by atoms with Crippen molar-refractivity contribution in [1.29, 1.82) is 0 Å². The predicted molar refractivity (Wildman–Crippen MR) is 131 cm³/mol. The van der Waals surface area contributed by atoms with Crippen molar-refractivity contribution in [3.8, 4) is 11.1 Å². The van der Waals surface area contributed by atoms with E-state index in [9.17, 15) is 4.79 Å². The van der Waals surface area contributed by atoms with Crippen LogP contribution in [0.15, 0.2) is 23.9 Å². The SMILES string of the molecule is C/C(=C\c1c(C)c(C)c(-c2ccc(NC3CCCC3)nc2)c(C)c1C)C(=O)NC(C)C. The molecule has 0 atom stereocenters. The minimum atomic E-state index is -0.0114.